The van der Waals surface area contributed by atoms with Gasteiger partial charge in [0.2, 0.25) is 0 Å². The third-order valence-electron chi connectivity index (χ3n) is 9.04. The van der Waals surface area contributed by atoms with E-state index < -0.39 is 52.9 Å². The van der Waals surface area contributed by atoms with E-state index in [-0.39, 0.29) is 66.0 Å². The summed E-state index contributed by atoms with van der Waals surface area (Å²) in [7, 11) is -10.1. The number of nitrogens with two attached hydrogens (primary N) is 1. The first kappa shape index (κ1) is 46.8. The number of anilines is 1. The number of nitrogens with zero attached hydrogens (tertiary/aromatic N) is 5. The van der Waals surface area contributed by atoms with Gasteiger partial charge in [0.15, 0.2) is 11.5 Å². The van der Waals surface area contributed by atoms with Crippen LogP contribution in [-0.2, 0) is 48.4 Å². The second-order valence-electron chi connectivity index (χ2n) is 12.9. The number of aryl methyl sites for hydroxylation is 2. The first-order chi connectivity index (χ1) is 30.4. The van der Waals surface area contributed by atoms with Crippen molar-refractivity contribution in [3.8, 4) is 22.1 Å². The molecule has 0 atom stereocenters. The second-order valence-corrected chi connectivity index (χ2v) is 18.8. The van der Waals surface area contributed by atoms with Crippen LogP contribution in [0.15, 0.2) is 112 Å². The third-order valence-corrected chi connectivity index (χ3v) is 14.1. The number of azo groups is 2. The minimum absolute atomic E-state index is 0.0567. The molecular weight excluding hydrogens is 969 g/mol. The van der Waals surface area contributed by atoms with Crippen LogP contribution in [0.4, 0.5) is 28.4 Å². The fraction of sp³-hybridized carbons (Fsp3) is 0.0571. The molecule has 0 unspecified atom stereocenters. The summed E-state index contributed by atoms with van der Waals surface area (Å²) in [6.07, 6.45) is 0. The lowest BCUT2D eigenvalue weighted by atomic mass is 10.0. The zero-order valence-corrected chi connectivity index (χ0v) is 36.7. The van der Waals surface area contributed by atoms with Gasteiger partial charge in [-0.25, -0.2) is 20.8 Å². The van der Waals surface area contributed by atoms with Gasteiger partial charge >= 0.3 is 0 Å². The van der Waals surface area contributed by atoms with E-state index in [1.54, 1.807) is 24.3 Å². The molecule has 0 aliphatic rings. The number of fused-ring (bicyclic) bond motifs is 3. The molecule has 334 valence electrons. The van der Waals surface area contributed by atoms with Crippen LogP contribution in [0.2, 0.25) is 0 Å². The molecule has 0 fully saturated rings. The first-order valence-corrected chi connectivity index (χ1v) is 23.0. The number of phenolic OH excluding ortho intramolecular Hbond substituents is 2. The number of thiazole rings is 1. The van der Waals surface area contributed by atoms with Gasteiger partial charge in [-0.05, 0) is 91.0 Å². The van der Waals surface area contributed by atoms with Gasteiger partial charge in [-0.15, -0.1) is 39.7 Å². The van der Waals surface area contributed by atoms with E-state index in [0.717, 1.165) is 46.6 Å². The monoisotopic (exact) mass is 994 g/mol. The minimum atomic E-state index is -5.14. The summed E-state index contributed by atoms with van der Waals surface area (Å²) in [6, 6.07) is 15.5. The van der Waals surface area contributed by atoms with Crippen molar-refractivity contribution >= 4 is 128 Å². The molecule has 64 heavy (non-hydrogen) atoms. The summed E-state index contributed by atoms with van der Waals surface area (Å²) in [5, 5.41) is 76.6. The number of phenols is 2. The van der Waals surface area contributed by atoms with E-state index in [1.165, 1.54) is 24.3 Å². The predicted octanol–water partition coefficient (Wildman–Crippen LogP) is 10.5. The standard InChI is InChI=1S/C35H26N6O17S6/c1-14-3-8-21-34(33(14)62-58-55-46)59-35(37-21)16-4-6-18(7-5-16)38-40-29-23(60-56-53-44)10-17-11-26(64(50,51)52)22(12-19(17)31(29)42)39-41-30-24(61-57-54-45)13-20-25(63(47,48)49)9-15(2)28(36)27(20)32(30)43/h3-13,42-46H,36H2,1-2H3,(H,47,48,49)(H,50,51,52). The van der Waals surface area contributed by atoms with Crippen molar-refractivity contribution in [2.75, 3.05) is 5.73 Å². The topological polar surface area (TPSA) is 354 Å². The van der Waals surface area contributed by atoms with E-state index >= 15 is 0 Å². The molecule has 0 saturated heterocycles. The average Bonchev–Trinajstić information content (AvgIpc) is 3.69. The zero-order chi connectivity index (χ0) is 46.1. The molecule has 0 saturated carbocycles. The lowest BCUT2D eigenvalue weighted by molar-refractivity contribution is -0.432. The Morgan fingerprint density at radius 1 is 0.672 bits per heavy atom. The Labute approximate surface area is 375 Å². The third kappa shape index (κ3) is 9.60. The van der Waals surface area contributed by atoms with Crippen molar-refractivity contribution in [2.24, 2.45) is 20.5 Å². The van der Waals surface area contributed by atoms with Crippen molar-refractivity contribution in [1.82, 2.24) is 4.98 Å². The van der Waals surface area contributed by atoms with Gasteiger partial charge in [-0.3, -0.25) is 9.11 Å². The molecule has 7 aromatic rings. The molecule has 0 amide bonds. The molecule has 0 aliphatic carbocycles. The number of rotatable bonds is 16. The van der Waals surface area contributed by atoms with Gasteiger partial charge in [0.25, 0.3) is 20.2 Å². The van der Waals surface area contributed by atoms with Crippen molar-refractivity contribution in [3.63, 3.8) is 0 Å². The number of hydrogen-bond donors (Lipinski definition) is 8. The van der Waals surface area contributed by atoms with Crippen LogP contribution >= 0.6 is 47.5 Å². The van der Waals surface area contributed by atoms with Gasteiger partial charge in [0, 0.05) is 22.0 Å². The summed E-state index contributed by atoms with van der Waals surface area (Å²) >= 11 is 2.72. The van der Waals surface area contributed by atoms with Gasteiger partial charge < -0.3 is 15.9 Å². The van der Waals surface area contributed by atoms with Crippen LogP contribution in [0.1, 0.15) is 11.1 Å². The van der Waals surface area contributed by atoms with Crippen LogP contribution in [0.5, 0.6) is 11.5 Å². The van der Waals surface area contributed by atoms with E-state index in [9.17, 15) is 36.2 Å². The highest BCUT2D eigenvalue weighted by molar-refractivity contribution is 7.95. The van der Waals surface area contributed by atoms with Crippen molar-refractivity contribution in [3.05, 3.63) is 77.9 Å². The fourth-order valence-electron chi connectivity index (χ4n) is 6.16. The Balaban J connectivity index is 1.31. The Morgan fingerprint density at radius 3 is 1.92 bits per heavy atom. The Kier molecular flexibility index (Phi) is 14.0. The van der Waals surface area contributed by atoms with Gasteiger partial charge in [-0.2, -0.15) is 21.9 Å². The average molecular weight is 995 g/mol. The quantitative estimate of drug-likeness (QED) is 0.0111. The summed E-state index contributed by atoms with van der Waals surface area (Å²) < 4.78 is 84.7. The minimum Gasteiger partial charge on any atom is -0.505 e. The van der Waals surface area contributed by atoms with Gasteiger partial charge in [0.1, 0.15) is 31.9 Å². The highest BCUT2D eigenvalue weighted by Gasteiger charge is 2.26. The molecule has 0 aliphatic heterocycles. The highest BCUT2D eigenvalue weighted by atomic mass is 32.2. The van der Waals surface area contributed by atoms with E-state index in [1.807, 2.05) is 19.1 Å². The van der Waals surface area contributed by atoms with E-state index in [0.29, 0.717) is 33.0 Å². The molecule has 6 aromatic carbocycles. The van der Waals surface area contributed by atoms with Crippen LogP contribution in [0.25, 0.3) is 42.3 Å². The number of aromatic nitrogens is 1. The molecule has 29 heteroatoms. The normalized spacial score (nSPS) is 12.5. The molecule has 9 N–H and O–H groups in total. The summed E-state index contributed by atoms with van der Waals surface area (Å²) in [6.45, 7) is 3.25. The Bertz CT molecular complexity index is 3260. The lowest BCUT2D eigenvalue weighted by Gasteiger charge is -2.15. The molecule has 23 nitrogen and oxygen atoms in total. The molecule has 0 radical (unpaired) electrons. The Hall–Kier alpha value is -5.16. The molecule has 7 rings (SSSR count). The number of hydrogen-bond acceptors (Lipinski definition) is 25. The van der Waals surface area contributed by atoms with Crippen LogP contribution in [0, 0.1) is 13.8 Å². The highest BCUT2D eigenvalue weighted by Crippen LogP contribution is 2.50. The molecular formula is C35H26N6O17S6. The van der Waals surface area contributed by atoms with Crippen molar-refractivity contribution in [2.45, 2.75) is 38.3 Å². The molecule has 0 bridgehead atoms. The maximum absolute atomic E-state index is 12.7. The lowest BCUT2D eigenvalue weighted by Crippen LogP contribution is -2.03. The zero-order valence-electron chi connectivity index (χ0n) is 31.8. The van der Waals surface area contributed by atoms with Crippen molar-refractivity contribution in [1.29, 1.82) is 0 Å². The molecule has 0 spiro atoms. The van der Waals surface area contributed by atoms with E-state index in [4.69, 9.17) is 21.5 Å². The smallest absolute Gasteiger partial charge is 0.296 e. The largest absolute Gasteiger partial charge is 0.505 e. The maximum atomic E-state index is 12.7. The van der Waals surface area contributed by atoms with Crippen LogP contribution < -0.4 is 5.73 Å². The summed E-state index contributed by atoms with van der Waals surface area (Å²) in [5.41, 5.74) is 7.21. The maximum Gasteiger partial charge on any atom is 0.296 e. The Morgan fingerprint density at radius 2 is 1.28 bits per heavy atom. The van der Waals surface area contributed by atoms with Crippen LogP contribution in [-0.4, -0.2) is 56.9 Å². The molecule has 1 heterocycles. The van der Waals surface area contributed by atoms with Gasteiger partial charge in [-0.1, -0.05) is 21.2 Å². The van der Waals surface area contributed by atoms with Crippen molar-refractivity contribution < 1.29 is 80.0 Å². The first-order valence-electron chi connectivity index (χ1n) is 17.1. The number of nitrogen functional groups attached to an aromatic ring is 1. The summed E-state index contributed by atoms with van der Waals surface area (Å²) in [5.74, 6) is -1.49. The fourth-order valence-corrected chi connectivity index (χ4v) is 10.3. The second kappa shape index (κ2) is 19.1. The number of aromatic hydroxyl groups is 2. The van der Waals surface area contributed by atoms with Crippen LogP contribution in [0.3, 0.4) is 0 Å². The summed E-state index contributed by atoms with van der Waals surface area (Å²) in [4.78, 5) is 3.44. The van der Waals surface area contributed by atoms with E-state index in [2.05, 4.69) is 53.6 Å². The number of benzene rings is 6. The SMILES string of the molecule is Cc1ccc2nc(-c3ccc(N=Nc4c(SOOO)cc5cc(S(=O)(=O)O)c(N=Nc6c(SOOO)cc7c(S(=O)(=O)O)cc(C)c(N)c7c6O)cc5c4O)cc3)sc2c1SOOO. The van der Waals surface area contributed by atoms with Gasteiger partial charge in [0.05, 0.1) is 72.1 Å². The predicted molar refractivity (Wildman–Crippen MR) is 230 cm³/mol. The molecule has 1 aromatic heterocycles.